The number of hydrogen-bond donors (Lipinski definition) is 2. The van der Waals surface area contributed by atoms with Crippen molar-refractivity contribution in [3.8, 4) is 12.0 Å². The van der Waals surface area contributed by atoms with Gasteiger partial charge in [0, 0.05) is 12.2 Å². The van der Waals surface area contributed by atoms with E-state index >= 15 is 0 Å². The molecule has 7 heteroatoms. The lowest BCUT2D eigenvalue weighted by Gasteiger charge is -2.07. The minimum Gasteiger partial charge on any atom is -0.467 e. The standard InChI is InChI=1S/C12H15N5O2/c1-18-11-15-10(16-12(17-11)19-2)14-9-5-3-8(7-13)4-6-9/h3-6H,7,13H2,1-2H3,(H,14,15,16,17). The number of benzene rings is 1. The second-order valence-electron chi connectivity index (χ2n) is 3.66. The summed E-state index contributed by atoms with van der Waals surface area (Å²) in [7, 11) is 2.96. The molecule has 100 valence electrons. The Morgan fingerprint density at radius 2 is 1.58 bits per heavy atom. The highest BCUT2D eigenvalue weighted by Crippen LogP contribution is 2.17. The van der Waals surface area contributed by atoms with Crippen LogP contribution in [0, 0.1) is 0 Å². The minimum absolute atomic E-state index is 0.188. The zero-order valence-electron chi connectivity index (χ0n) is 10.8. The van der Waals surface area contributed by atoms with Gasteiger partial charge in [-0.05, 0) is 17.7 Å². The fourth-order valence-corrected chi connectivity index (χ4v) is 1.43. The fourth-order valence-electron chi connectivity index (χ4n) is 1.43. The maximum absolute atomic E-state index is 5.54. The van der Waals surface area contributed by atoms with Crippen LogP contribution in [0.25, 0.3) is 0 Å². The molecule has 2 rings (SSSR count). The molecular formula is C12H15N5O2. The Kier molecular flexibility index (Phi) is 4.09. The van der Waals surface area contributed by atoms with Crippen LogP contribution in [0.1, 0.15) is 5.56 Å². The lowest BCUT2D eigenvalue weighted by molar-refractivity contribution is 0.341. The Bertz CT molecular complexity index is 522. The Morgan fingerprint density at radius 3 is 2.05 bits per heavy atom. The van der Waals surface area contributed by atoms with Crippen molar-refractivity contribution in [3.63, 3.8) is 0 Å². The lowest BCUT2D eigenvalue weighted by atomic mass is 10.2. The van der Waals surface area contributed by atoms with Crippen LogP contribution >= 0.6 is 0 Å². The maximum atomic E-state index is 5.54. The van der Waals surface area contributed by atoms with E-state index < -0.39 is 0 Å². The third-order valence-corrected chi connectivity index (χ3v) is 2.41. The van der Waals surface area contributed by atoms with E-state index in [9.17, 15) is 0 Å². The predicted molar refractivity (Wildman–Crippen MR) is 70.5 cm³/mol. The van der Waals surface area contributed by atoms with Crippen molar-refractivity contribution < 1.29 is 9.47 Å². The van der Waals surface area contributed by atoms with Crippen LogP contribution in [-0.2, 0) is 6.54 Å². The molecule has 0 aliphatic carbocycles. The minimum atomic E-state index is 0.188. The number of ether oxygens (including phenoxy) is 2. The SMILES string of the molecule is COc1nc(Nc2ccc(CN)cc2)nc(OC)n1. The highest BCUT2D eigenvalue weighted by Gasteiger charge is 2.07. The van der Waals surface area contributed by atoms with Gasteiger partial charge in [-0.1, -0.05) is 12.1 Å². The van der Waals surface area contributed by atoms with Gasteiger partial charge >= 0.3 is 12.0 Å². The Morgan fingerprint density at radius 1 is 1.00 bits per heavy atom. The molecular weight excluding hydrogens is 246 g/mol. The molecule has 3 N–H and O–H groups in total. The second-order valence-corrected chi connectivity index (χ2v) is 3.66. The zero-order chi connectivity index (χ0) is 13.7. The fraction of sp³-hybridized carbons (Fsp3) is 0.250. The predicted octanol–water partition coefficient (Wildman–Crippen LogP) is 1.09. The number of aromatic nitrogens is 3. The van der Waals surface area contributed by atoms with E-state index in [1.165, 1.54) is 14.2 Å². The quantitative estimate of drug-likeness (QED) is 0.831. The number of nitrogens with one attached hydrogen (secondary N) is 1. The molecule has 0 bridgehead atoms. The summed E-state index contributed by atoms with van der Waals surface area (Å²) in [5.41, 5.74) is 7.43. The van der Waals surface area contributed by atoms with Crippen molar-refractivity contribution in [2.45, 2.75) is 6.54 Å². The third kappa shape index (κ3) is 3.29. The monoisotopic (exact) mass is 261 g/mol. The molecule has 19 heavy (non-hydrogen) atoms. The average Bonchev–Trinajstić information content (AvgIpc) is 2.47. The van der Waals surface area contributed by atoms with Gasteiger partial charge in [-0.2, -0.15) is 9.97 Å². The van der Waals surface area contributed by atoms with E-state index in [4.69, 9.17) is 15.2 Å². The number of nitrogens with two attached hydrogens (primary N) is 1. The van der Waals surface area contributed by atoms with Gasteiger partial charge < -0.3 is 20.5 Å². The largest absolute Gasteiger partial charge is 0.467 e. The molecule has 0 fully saturated rings. The van der Waals surface area contributed by atoms with Gasteiger partial charge in [0.2, 0.25) is 5.95 Å². The summed E-state index contributed by atoms with van der Waals surface area (Å²) in [6, 6.07) is 8.02. The molecule has 0 aliphatic heterocycles. The summed E-state index contributed by atoms with van der Waals surface area (Å²) in [6.07, 6.45) is 0. The van der Waals surface area contributed by atoms with Crippen LogP contribution in [0.3, 0.4) is 0 Å². The molecule has 0 saturated heterocycles. The highest BCUT2D eigenvalue weighted by molar-refractivity contribution is 5.53. The van der Waals surface area contributed by atoms with Crippen molar-refractivity contribution in [2.75, 3.05) is 19.5 Å². The smallest absolute Gasteiger partial charge is 0.324 e. The number of hydrogen-bond acceptors (Lipinski definition) is 7. The van der Waals surface area contributed by atoms with E-state index in [1.807, 2.05) is 24.3 Å². The van der Waals surface area contributed by atoms with Gasteiger partial charge in [-0.15, -0.1) is 4.98 Å². The first-order valence-corrected chi connectivity index (χ1v) is 5.65. The number of nitrogens with zero attached hydrogens (tertiary/aromatic N) is 3. The van der Waals surface area contributed by atoms with E-state index in [-0.39, 0.29) is 12.0 Å². The van der Waals surface area contributed by atoms with Gasteiger partial charge in [0.25, 0.3) is 0 Å². The van der Waals surface area contributed by atoms with Gasteiger partial charge in [0.15, 0.2) is 0 Å². The summed E-state index contributed by atoms with van der Waals surface area (Å²) in [6.45, 7) is 0.508. The molecule has 7 nitrogen and oxygen atoms in total. The van der Waals surface area contributed by atoms with Crippen LogP contribution in [-0.4, -0.2) is 29.2 Å². The Labute approximate surface area is 110 Å². The Hall–Kier alpha value is -2.41. The molecule has 0 aliphatic rings. The number of anilines is 2. The van der Waals surface area contributed by atoms with Crippen LogP contribution in [0.5, 0.6) is 12.0 Å². The van der Waals surface area contributed by atoms with Crippen LogP contribution < -0.4 is 20.5 Å². The molecule has 0 unspecified atom stereocenters. The van der Waals surface area contributed by atoms with E-state index in [0.29, 0.717) is 12.5 Å². The van der Waals surface area contributed by atoms with Crippen molar-refractivity contribution in [1.82, 2.24) is 15.0 Å². The van der Waals surface area contributed by atoms with E-state index in [0.717, 1.165) is 11.3 Å². The average molecular weight is 261 g/mol. The van der Waals surface area contributed by atoms with Crippen LogP contribution in [0.4, 0.5) is 11.6 Å². The summed E-state index contributed by atoms with van der Waals surface area (Å²) < 4.78 is 9.95. The summed E-state index contributed by atoms with van der Waals surface area (Å²) in [5, 5.41) is 3.04. The van der Waals surface area contributed by atoms with Crippen molar-refractivity contribution in [2.24, 2.45) is 5.73 Å². The molecule has 1 heterocycles. The third-order valence-electron chi connectivity index (χ3n) is 2.41. The van der Waals surface area contributed by atoms with Crippen molar-refractivity contribution in [3.05, 3.63) is 29.8 Å². The van der Waals surface area contributed by atoms with Crippen molar-refractivity contribution >= 4 is 11.6 Å². The molecule has 1 aromatic heterocycles. The Balaban J connectivity index is 2.21. The highest BCUT2D eigenvalue weighted by atomic mass is 16.5. The number of methoxy groups -OCH3 is 2. The molecule has 2 aromatic rings. The van der Waals surface area contributed by atoms with Gasteiger partial charge in [0.1, 0.15) is 0 Å². The summed E-state index contributed by atoms with van der Waals surface area (Å²) >= 11 is 0. The van der Waals surface area contributed by atoms with Gasteiger partial charge in [-0.25, -0.2) is 0 Å². The summed E-state index contributed by atoms with van der Waals surface area (Å²) in [4.78, 5) is 12.1. The maximum Gasteiger partial charge on any atom is 0.324 e. The zero-order valence-corrected chi connectivity index (χ0v) is 10.8. The second kappa shape index (κ2) is 5.96. The molecule has 1 aromatic carbocycles. The normalized spacial score (nSPS) is 10.1. The lowest BCUT2D eigenvalue weighted by Crippen LogP contribution is -2.04. The molecule has 0 radical (unpaired) electrons. The van der Waals surface area contributed by atoms with E-state index in [1.54, 1.807) is 0 Å². The molecule has 0 saturated carbocycles. The van der Waals surface area contributed by atoms with E-state index in [2.05, 4.69) is 20.3 Å². The van der Waals surface area contributed by atoms with Crippen LogP contribution in [0.2, 0.25) is 0 Å². The van der Waals surface area contributed by atoms with Crippen LogP contribution in [0.15, 0.2) is 24.3 Å². The van der Waals surface area contributed by atoms with Gasteiger partial charge in [-0.3, -0.25) is 0 Å². The number of rotatable bonds is 5. The summed E-state index contributed by atoms with van der Waals surface area (Å²) in [5.74, 6) is 0.351. The topological polar surface area (TPSA) is 95.2 Å². The first-order valence-electron chi connectivity index (χ1n) is 5.65. The van der Waals surface area contributed by atoms with Crippen molar-refractivity contribution in [1.29, 1.82) is 0 Å². The molecule has 0 atom stereocenters. The molecule has 0 spiro atoms. The van der Waals surface area contributed by atoms with Gasteiger partial charge in [0.05, 0.1) is 14.2 Å². The molecule has 0 amide bonds. The first-order chi connectivity index (χ1) is 9.25. The first kappa shape index (κ1) is 13.0.